The summed E-state index contributed by atoms with van der Waals surface area (Å²) in [6, 6.07) is 17.1. The monoisotopic (exact) mass is 408 g/mol. The van der Waals surface area contributed by atoms with Crippen LogP contribution in [0.3, 0.4) is 0 Å². The Morgan fingerprint density at radius 2 is 1.93 bits per heavy atom. The van der Waals surface area contributed by atoms with Gasteiger partial charge in [-0.05, 0) is 23.3 Å². The first kappa shape index (κ1) is 19.2. The minimum Gasteiger partial charge on any atom is -0.454 e. The predicted molar refractivity (Wildman–Crippen MR) is 115 cm³/mol. The smallest absolute Gasteiger partial charge is 0.231 e. The van der Waals surface area contributed by atoms with Gasteiger partial charge in [0.05, 0.1) is 18.8 Å². The van der Waals surface area contributed by atoms with Gasteiger partial charge in [-0.3, -0.25) is 9.89 Å². The Kier molecular flexibility index (Phi) is 5.46. The fourth-order valence-electron chi connectivity index (χ4n) is 4.51. The zero-order valence-electron chi connectivity index (χ0n) is 17.3. The molecule has 2 saturated heterocycles. The number of likely N-dealkylation sites (tertiary alicyclic amines) is 1. The summed E-state index contributed by atoms with van der Waals surface area (Å²) in [6.07, 6.45) is 0.214. The topological polar surface area (TPSA) is 58.6 Å². The molecule has 2 atom stereocenters. The third kappa shape index (κ3) is 3.95. The molecule has 2 fully saturated rings. The summed E-state index contributed by atoms with van der Waals surface area (Å²) in [4.78, 5) is 9.39. The molecule has 2 aromatic carbocycles. The van der Waals surface area contributed by atoms with Gasteiger partial charge < -0.3 is 24.4 Å². The minimum atomic E-state index is 0.214. The van der Waals surface area contributed by atoms with E-state index in [0.717, 1.165) is 55.8 Å². The maximum Gasteiger partial charge on any atom is 0.231 e. The SMILES string of the molecule is CN=C(NCc1ccc2c(c1)OCO2)N1CC2OCCN(Cc3ccccc3)C2C1. The highest BCUT2D eigenvalue weighted by Gasteiger charge is 2.41. The Hall–Kier alpha value is -2.77. The molecule has 7 heteroatoms. The molecular formula is C23H28N4O3. The van der Waals surface area contributed by atoms with Crippen LogP contribution in [0.1, 0.15) is 11.1 Å². The third-order valence-corrected chi connectivity index (χ3v) is 6.04. The van der Waals surface area contributed by atoms with Crippen LogP contribution in [0.4, 0.5) is 0 Å². The molecule has 30 heavy (non-hydrogen) atoms. The van der Waals surface area contributed by atoms with Gasteiger partial charge in [-0.15, -0.1) is 0 Å². The highest BCUT2D eigenvalue weighted by Crippen LogP contribution is 2.32. The average Bonchev–Trinajstić information content (AvgIpc) is 3.42. The number of hydrogen-bond donors (Lipinski definition) is 1. The molecule has 0 radical (unpaired) electrons. The van der Waals surface area contributed by atoms with Crippen LogP contribution in [0.5, 0.6) is 11.5 Å². The largest absolute Gasteiger partial charge is 0.454 e. The van der Waals surface area contributed by atoms with Crippen molar-refractivity contribution in [2.45, 2.75) is 25.2 Å². The second kappa shape index (κ2) is 8.53. The maximum atomic E-state index is 6.11. The van der Waals surface area contributed by atoms with Crippen molar-refractivity contribution < 1.29 is 14.2 Å². The van der Waals surface area contributed by atoms with E-state index < -0.39 is 0 Å². The Bertz CT molecular complexity index is 905. The molecule has 2 unspecified atom stereocenters. The lowest BCUT2D eigenvalue weighted by Gasteiger charge is -2.36. The van der Waals surface area contributed by atoms with Gasteiger partial charge in [0.2, 0.25) is 6.79 Å². The lowest BCUT2D eigenvalue weighted by molar-refractivity contribution is -0.0502. The molecule has 1 N–H and O–H groups in total. The van der Waals surface area contributed by atoms with E-state index in [1.54, 1.807) is 0 Å². The van der Waals surface area contributed by atoms with Crippen molar-refractivity contribution >= 4 is 5.96 Å². The van der Waals surface area contributed by atoms with E-state index in [1.165, 1.54) is 5.56 Å². The van der Waals surface area contributed by atoms with E-state index in [4.69, 9.17) is 14.2 Å². The first-order valence-corrected chi connectivity index (χ1v) is 10.5. The van der Waals surface area contributed by atoms with Gasteiger partial charge in [-0.25, -0.2) is 0 Å². The molecule has 0 spiro atoms. The molecule has 0 aliphatic carbocycles. The number of benzene rings is 2. The van der Waals surface area contributed by atoms with Crippen LogP contribution in [0.2, 0.25) is 0 Å². The normalized spacial score (nSPS) is 23.5. The van der Waals surface area contributed by atoms with Crippen molar-refractivity contribution in [3.05, 3.63) is 59.7 Å². The molecule has 0 amide bonds. The summed E-state index contributed by atoms with van der Waals surface area (Å²) >= 11 is 0. The molecular weight excluding hydrogens is 380 g/mol. The van der Waals surface area contributed by atoms with Crippen LogP contribution in [-0.2, 0) is 17.8 Å². The Morgan fingerprint density at radius 3 is 2.80 bits per heavy atom. The number of rotatable bonds is 4. The van der Waals surface area contributed by atoms with Gasteiger partial charge in [0.1, 0.15) is 0 Å². The quantitative estimate of drug-likeness (QED) is 0.618. The highest BCUT2D eigenvalue weighted by molar-refractivity contribution is 5.80. The number of nitrogens with one attached hydrogen (secondary N) is 1. The van der Waals surface area contributed by atoms with Gasteiger partial charge >= 0.3 is 0 Å². The number of nitrogens with zero attached hydrogens (tertiary/aromatic N) is 3. The van der Waals surface area contributed by atoms with Crippen molar-refractivity contribution in [3.8, 4) is 11.5 Å². The van der Waals surface area contributed by atoms with Crippen molar-refractivity contribution in [3.63, 3.8) is 0 Å². The van der Waals surface area contributed by atoms with Crippen LogP contribution in [0.15, 0.2) is 53.5 Å². The van der Waals surface area contributed by atoms with Gasteiger partial charge in [-0.1, -0.05) is 36.4 Å². The van der Waals surface area contributed by atoms with E-state index in [-0.39, 0.29) is 6.10 Å². The number of ether oxygens (including phenoxy) is 3. The molecule has 3 aliphatic heterocycles. The van der Waals surface area contributed by atoms with Crippen molar-refractivity contribution in [1.82, 2.24) is 15.1 Å². The zero-order chi connectivity index (χ0) is 20.3. The molecule has 158 valence electrons. The van der Waals surface area contributed by atoms with Crippen molar-refractivity contribution in [1.29, 1.82) is 0 Å². The molecule has 0 bridgehead atoms. The number of hydrogen-bond acceptors (Lipinski definition) is 5. The summed E-state index contributed by atoms with van der Waals surface area (Å²) in [7, 11) is 1.84. The van der Waals surface area contributed by atoms with E-state index in [2.05, 4.69) is 56.5 Å². The van der Waals surface area contributed by atoms with Gasteiger partial charge in [0.15, 0.2) is 17.5 Å². The molecule has 0 aromatic heterocycles. The van der Waals surface area contributed by atoms with Gasteiger partial charge in [0, 0.05) is 39.8 Å². The second-order valence-electron chi connectivity index (χ2n) is 7.93. The fourth-order valence-corrected chi connectivity index (χ4v) is 4.51. The van der Waals surface area contributed by atoms with Crippen LogP contribution in [0, 0.1) is 0 Å². The third-order valence-electron chi connectivity index (χ3n) is 6.04. The summed E-state index contributed by atoms with van der Waals surface area (Å²) in [5, 5.41) is 3.50. The van der Waals surface area contributed by atoms with Gasteiger partial charge in [-0.2, -0.15) is 0 Å². The molecule has 0 saturated carbocycles. The van der Waals surface area contributed by atoms with E-state index in [1.807, 2.05) is 19.2 Å². The minimum absolute atomic E-state index is 0.214. The molecule has 2 aromatic rings. The van der Waals surface area contributed by atoms with E-state index in [0.29, 0.717) is 19.4 Å². The van der Waals surface area contributed by atoms with Crippen molar-refractivity contribution in [2.75, 3.05) is 40.1 Å². The maximum absolute atomic E-state index is 6.11. The number of morpholine rings is 1. The van der Waals surface area contributed by atoms with Crippen LogP contribution in [0.25, 0.3) is 0 Å². The highest BCUT2D eigenvalue weighted by atomic mass is 16.7. The Labute approximate surface area is 177 Å². The molecule has 3 heterocycles. The Balaban J connectivity index is 1.22. The van der Waals surface area contributed by atoms with Gasteiger partial charge in [0.25, 0.3) is 0 Å². The summed E-state index contributed by atoms with van der Waals surface area (Å²) in [5.74, 6) is 2.52. The first-order chi connectivity index (χ1) is 14.8. The van der Waals surface area contributed by atoms with Crippen molar-refractivity contribution in [2.24, 2.45) is 4.99 Å². The lowest BCUT2D eigenvalue weighted by Crippen LogP contribution is -2.50. The molecule has 5 rings (SSSR count). The first-order valence-electron chi connectivity index (χ1n) is 10.5. The van der Waals surface area contributed by atoms with E-state index >= 15 is 0 Å². The second-order valence-corrected chi connectivity index (χ2v) is 7.93. The zero-order valence-corrected chi connectivity index (χ0v) is 17.3. The lowest BCUT2D eigenvalue weighted by atomic mass is 10.1. The van der Waals surface area contributed by atoms with Crippen LogP contribution >= 0.6 is 0 Å². The molecule has 3 aliphatic rings. The molecule has 7 nitrogen and oxygen atoms in total. The fraction of sp³-hybridized carbons (Fsp3) is 0.435. The summed E-state index contributed by atoms with van der Waals surface area (Å²) < 4.78 is 17.0. The summed E-state index contributed by atoms with van der Waals surface area (Å²) in [5.41, 5.74) is 2.49. The summed E-state index contributed by atoms with van der Waals surface area (Å²) in [6.45, 7) is 5.46. The predicted octanol–water partition coefficient (Wildman–Crippen LogP) is 2.08. The van der Waals surface area contributed by atoms with Crippen LogP contribution in [-0.4, -0.2) is 68.0 Å². The van der Waals surface area contributed by atoms with Crippen LogP contribution < -0.4 is 14.8 Å². The number of aliphatic imine (C=N–C) groups is 1. The number of guanidine groups is 1. The Morgan fingerprint density at radius 1 is 1.07 bits per heavy atom. The number of fused-ring (bicyclic) bond motifs is 2. The average molecular weight is 409 g/mol. The van der Waals surface area contributed by atoms with E-state index in [9.17, 15) is 0 Å². The standard InChI is InChI=1S/C23H28N4O3/c1-24-23(25-12-18-7-8-20-21(11-18)30-16-29-20)27-14-19-22(15-27)28-10-9-26(19)13-17-5-3-2-4-6-17/h2-8,11,19,22H,9-10,12-16H2,1H3,(H,24,25).